The van der Waals surface area contributed by atoms with Crippen molar-refractivity contribution in [3.05, 3.63) is 111 Å². The summed E-state index contributed by atoms with van der Waals surface area (Å²) in [5, 5.41) is 9.84. The minimum Gasteiger partial charge on any atom is -0.382 e. The number of fused-ring (bicyclic) bond motifs is 1. The van der Waals surface area contributed by atoms with E-state index in [0.29, 0.717) is 11.1 Å². The molecule has 3 aromatic heterocycles. The molecule has 0 aliphatic carbocycles. The summed E-state index contributed by atoms with van der Waals surface area (Å²) in [6, 6.07) is 24.2. The molecule has 9 heteroatoms. The number of benzene rings is 2. The van der Waals surface area contributed by atoms with Crippen molar-refractivity contribution in [3.63, 3.8) is 0 Å². The fraction of sp³-hybridized carbons (Fsp3) is 0.0741. The van der Waals surface area contributed by atoms with E-state index >= 15 is 0 Å². The first-order valence-electron chi connectivity index (χ1n) is 11.1. The molecule has 0 aliphatic rings. The maximum Gasteiger partial charge on any atom is 0.263 e. The minimum absolute atomic E-state index is 0.0779. The Morgan fingerprint density at radius 1 is 1.00 bits per heavy atom. The van der Waals surface area contributed by atoms with Gasteiger partial charge in [0, 0.05) is 28.7 Å². The van der Waals surface area contributed by atoms with Crippen LogP contribution in [-0.2, 0) is 6.42 Å². The van der Waals surface area contributed by atoms with Crippen molar-refractivity contribution in [3.8, 4) is 23.0 Å². The first-order chi connectivity index (χ1) is 17.4. The molecule has 0 aliphatic heterocycles. The minimum atomic E-state index is -0.187. The molecule has 5 N–H and O–H groups in total. The number of para-hydroxylation sites is 1. The predicted molar refractivity (Wildman–Crippen MR) is 141 cm³/mol. The first-order valence-corrected chi connectivity index (χ1v) is 11.1. The van der Waals surface area contributed by atoms with Crippen LogP contribution in [-0.4, -0.2) is 19.5 Å². The van der Waals surface area contributed by atoms with Gasteiger partial charge < -0.3 is 16.5 Å². The monoisotopic (exact) mass is 477 g/mol. The summed E-state index contributed by atoms with van der Waals surface area (Å²) in [7, 11) is 0. The summed E-state index contributed by atoms with van der Waals surface area (Å²) in [6.07, 6.45) is 2.03. The Kier molecular flexibility index (Phi) is 6.88. The average Bonchev–Trinajstić information content (AvgIpc) is 2.89. The van der Waals surface area contributed by atoms with Crippen LogP contribution in [0.4, 0.5) is 11.8 Å². The van der Waals surface area contributed by atoms with Crippen LogP contribution in [0.5, 0.6) is 0 Å². The molecule has 9 nitrogen and oxygen atoms in total. The number of hydrogen-bond donors (Lipinski definition) is 3. The van der Waals surface area contributed by atoms with Gasteiger partial charge in [-0.25, -0.2) is 4.98 Å². The summed E-state index contributed by atoms with van der Waals surface area (Å²) in [4.78, 5) is 35.2. The molecule has 0 saturated heterocycles. The normalized spacial score (nSPS) is 10.3. The van der Waals surface area contributed by atoms with Crippen LogP contribution in [0.2, 0.25) is 0 Å². The van der Waals surface area contributed by atoms with Crippen molar-refractivity contribution < 1.29 is 0 Å². The summed E-state index contributed by atoms with van der Waals surface area (Å²) in [5.74, 6) is 0.200. The molecule has 0 fully saturated rings. The van der Waals surface area contributed by atoms with E-state index in [-0.39, 0.29) is 28.4 Å². The van der Waals surface area contributed by atoms with Crippen LogP contribution in [0.1, 0.15) is 18.2 Å². The van der Waals surface area contributed by atoms with Crippen LogP contribution in [0.15, 0.2) is 88.6 Å². The van der Waals surface area contributed by atoms with Crippen molar-refractivity contribution in [1.29, 1.82) is 5.26 Å². The summed E-state index contributed by atoms with van der Waals surface area (Å²) in [5.41, 5.74) is 13.6. The Hall–Kier alpha value is -5.23. The Labute approximate surface area is 206 Å². The largest absolute Gasteiger partial charge is 0.382 e. The third-order valence-electron chi connectivity index (χ3n) is 5.52. The van der Waals surface area contributed by atoms with Crippen LogP contribution in [0, 0.1) is 11.3 Å². The van der Waals surface area contributed by atoms with E-state index in [1.807, 2.05) is 73.7 Å². The Balaban J connectivity index is 0.000000256. The van der Waals surface area contributed by atoms with Crippen molar-refractivity contribution in [2.24, 2.45) is 0 Å². The molecule has 0 bridgehead atoms. The number of aryl methyl sites for hydroxylation is 1. The summed E-state index contributed by atoms with van der Waals surface area (Å²) < 4.78 is 1.76. The molecule has 0 unspecified atom stereocenters. The van der Waals surface area contributed by atoms with E-state index < -0.39 is 0 Å². The van der Waals surface area contributed by atoms with E-state index in [1.54, 1.807) is 10.6 Å². The van der Waals surface area contributed by atoms with Crippen molar-refractivity contribution in [1.82, 2.24) is 19.5 Å². The van der Waals surface area contributed by atoms with Gasteiger partial charge in [-0.2, -0.15) is 10.2 Å². The molecule has 5 aromatic rings. The van der Waals surface area contributed by atoms with Crippen LogP contribution in [0.3, 0.4) is 0 Å². The molecule has 178 valence electrons. The second kappa shape index (κ2) is 10.4. The highest BCUT2D eigenvalue weighted by Crippen LogP contribution is 2.26. The number of nitriles is 1. The number of nitrogens with two attached hydrogens (primary N) is 2. The number of nitrogens with one attached hydrogen (secondary N) is 1. The standard InChI is InChI=1S/C22H18N2O2.C5H5N5/c1-2-16-14-15-8-6-11-18(19-12-7-13-20(25)23-19)21(15)22(26)24(16)17-9-4-3-5-10-17;6-1-3-2-9-5(8)10-4(3)7/h3-14H,2H2,1H3,(H,23,25);2H,(H4,7,8,9,10). The number of rotatable bonds is 3. The van der Waals surface area contributed by atoms with E-state index in [9.17, 15) is 9.59 Å². The molecule has 36 heavy (non-hydrogen) atoms. The van der Waals surface area contributed by atoms with Gasteiger partial charge in [0.15, 0.2) is 0 Å². The number of nitrogens with zero attached hydrogens (tertiary/aromatic N) is 4. The van der Waals surface area contributed by atoms with Gasteiger partial charge in [0.25, 0.3) is 5.56 Å². The van der Waals surface area contributed by atoms with Crippen LogP contribution >= 0.6 is 0 Å². The number of H-pyrrole nitrogens is 1. The average molecular weight is 478 g/mol. The number of anilines is 2. The van der Waals surface area contributed by atoms with Crippen molar-refractivity contribution in [2.75, 3.05) is 11.5 Å². The molecule has 2 aromatic carbocycles. The van der Waals surface area contributed by atoms with Gasteiger partial charge in [-0.15, -0.1) is 0 Å². The molecule has 0 amide bonds. The lowest BCUT2D eigenvalue weighted by molar-refractivity contribution is 0.889. The number of aromatic amines is 1. The van der Waals surface area contributed by atoms with Gasteiger partial charge in [-0.3, -0.25) is 14.2 Å². The van der Waals surface area contributed by atoms with Gasteiger partial charge in [0.2, 0.25) is 11.5 Å². The fourth-order valence-electron chi connectivity index (χ4n) is 3.86. The van der Waals surface area contributed by atoms with Crippen molar-refractivity contribution >= 4 is 22.5 Å². The zero-order valence-electron chi connectivity index (χ0n) is 19.5. The van der Waals surface area contributed by atoms with Gasteiger partial charge in [-0.1, -0.05) is 49.4 Å². The number of aromatic nitrogens is 4. The van der Waals surface area contributed by atoms with Gasteiger partial charge >= 0.3 is 0 Å². The zero-order chi connectivity index (χ0) is 25.7. The lowest BCUT2D eigenvalue weighted by Gasteiger charge is -2.15. The smallest absolute Gasteiger partial charge is 0.263 e. The van der Waals surface area contributed by atoms with E-state index in [0.717, 1.165) is 28.8 Å². The lowest BCUT2D eigenvalue weighted by Crippen LogP contribution is -2.22. The van der Waals surface area contributed by atoms with E-state index in [4.69, 9.17) is 16.7 Å². The SMILES string of the molecule is CCc1cc2cccc(-c3cccc(=O)[nH]3)c2c(=O)n1-c1ccccc1.N#Cc1cnc(N)nc1N. The van der Waals surface area contributed by atoms with Gasteiger partial charge in [0.1, 0.15) is 17.5 Å². The van der Waals surface area contributed by atoms with Gasteiger partial charge in [0.05, 0.1) is 11.6 Å². The second-order valence-electron chi connectivity index (χ2n) is 7.80. The Morgan fingerprint density at radius 3 is 2.42 bits per heavy atom. The maximum absolute atomic E-state index is 13.5. The van der Waals surface area contributed by atoms with Crippen LogP contribution in [0.25, 0.3) is 27.7 Å². The van der Waals surface area contributed by atoms with Crippen molar-refractivity contribution in [2.45, 2.75) is 13.3 Å². The first kappa shape index (κ1) is 23.9. The second-order valence-corrected chi connectivity index (χ2v) is 7.80. The molecular formula is C27H23N7O2. The summed E-state index contributed by atoms with van der Waals surface area (Å²) in [6.45, 7) is 2.04. The zero-order valence-corrected chi connectivity index (χ0v) is 19.5. The molecule has 5 rings (SSSR count). The molecule has 0 saturated carbocycles. The molecular weight excluding hydrogens is 454 g/mol. The highest BCUT2D eigenvalue weighted by atomic mass is 16.1. The third kappa shape index (κ3) is 4.83. The van der Waals surface area contributed by atoms with E-state index in [2.05, 4.69) is 15.0 Å². The molecule has 0 radical (unpaired) electrons. The number of nitrogen functional groups attached to an aromatic ring is 2. The third-order valence-corrected chi connectivity index (χ3v) is 5.52. The quantitative estimate of drug-likeness (QED) is 0.359. The number of hydrogen-bond acceptors (Lipinski definition) is 7. The number of pyridine rings is 2. The Bertz CT molecular complexity index is 1700. The Morgan fingerprint density at radius 2 is 1.75 bits per heavy atom. The molecule has 0 atom stereocenters. The predicted octanol–water partition coefficient (Wildman–Crippen LogP) is 3.42. The lowest BCUT2D eigenvalue weighted by atomic mass is 10.0. The highest BCUT2D eigenvalue weighted by Gasteiger charge is 2.14. The molecule has 0 spiro atoms. The maximum atomic E-state index is 13.5. The van der Waals surface area contributed by atoms with Crippen LogP contribution < -0.4 is 22.6 Å². The fourth-order valence-corrected chi connectivity index (χ4v) is 3.86. The molecule has 3 heterocycles. The topological polar surface area (TPSA) is 156 Å². The summed E-state index contributed by atoms with van der Waals surface area (Å²) >= 11 is 0. The van der Waals surface area contributed by atoms with E-state index in [1.165, 1.54) is 12.3 Å². The highest BCUT2D eigenvalue weighted by molar-refractivity contribution is 5.95. The van der Waals surface area contributed by atoms with Gasteiger partial charge in [-0.05, 0) is 36.1 Å².